The standard InChI is InChI=1S/C25H26N2O/c1-3-4-5-6-20-15-16-26-25-24(20)22-17-19(11-14-23(22)27-25)8-7-18-9-12-21(28-2)13-10-18/h7-17H,3-6H2,1-2H3,(H,26,27)/b8-7+. The van der Waals surface area contributed by atoms with Crippen LogP contribution in [-0.2, 0) is 6.42 Å². The highest BCUT2D eigenvalue weighted by Crippen LogP contribution is 2.29. The first-order valence-electron chi connectivity index (χ1n) is 10.00. The van der Waals surface area contributed by atoms with E-state index in [9.17, 15) is 0 Å². The molecule has 0 saturated carbocycles. The second-order valence-corrected chi connectivity index (χ2v) is 7.19. The van der Waals surface area contributed by atoms with Crippen LogP contribution < -0.4 is 4.74 Å². The SMILES string of the molecule is CCCCCc1ccnc2[nH]c3ccc(/C=C/c4ccc(OC)cc4)cc3c12. The van der Waals surface area contributed by atoms with E-state index in [0.717, 1.165) is 28.9 Å². The lowest BCUT2D eigenvalue weighted by atomic mass is 10.0. The molecule has 3 nitrogen and oxygen atoms in total. The molecule has 0 spiro atoms. The molecule has 0 aliphatic heterocycles. The maximum absolute atomic E-state index is 5.22. The summed E-state index contributed by atoms with van der Waals surface area (Å²) in [5.41, 5.74) is 5.86. The number of hydrogen-bond donors (Lipinski definition) is 1. The van der Waals surface area contributed by atoms with Crippen LogP contribution in [0.5, 0.6) is 5.75 Å². The Kier molecular flexibility index (Phi) is 5.43. The number of H-pyrrole nitrogens is 1. The van der Waals surface area contributed by atoms with Crippen LogP contribution in [0.3, 0.4) is 0 Å². The first-order valence-corrected chi connectivity index (χ1v) is 10.00. The topological polar surface area (TPSA) is 37.9 Å². The third-order valence-electron chi connectivity index (χ3n) is 5.24. The number of hydrogen-bond acceptors (Lipinski definition) is 2. The van der Waals surface area contributed by atoms with Crippen molar-refractivity contribution in [1.82, 2.24) is 9.97 Å². The van der Waals surface area contributed by atoms with Crippen molar-refractivity contribution in [1.29, 1.82) is 0 Å². The van der Waals surface area contributed by atoms with Crippen LogP contribution in [0.15, 0.2) is 54.7 Å². The Bertz CT molecular complexity index is 1110. The molecule has 0 radical (unpaired) electrons. The maximum atomic E-state index is 5.22. The number of unbranched alkanes of at least 4 members (excludes halogenated alkanes) is 2. The third kappa shape index (κ3) is 3.79. The molecule has 0 atom stereocenters. The summed E-state index contributed by atoms with van der Waals surface area (Å²) >= 11 is 0. The fraction of sp³-hybridized carbons (Fsp3) is 0.240. The zero-order valence-corrected chi connectivity index (χ0v) is 16.5. The Balaban J connectivity index is 1.68. The summed E-state index contributed by atoms with van der Waals surface area (Å²) in [5.74, 6) is 0.875. The minimum absolute atomic E-state index is 0.875. The lowest BCUT2D eigenvalue weighted by Gasteiger charge is -2.03. The lowest BCUT2D eigenvalue weighted by molar-refractivity contribution is 0.415. The van der Waals surface area contributed by atoms with Gasteiger partial charge in [0.05, 0.1) is 7.11 Å². The van der Waals surface area contributed by atoms with Crippen molar-refractivity contribution in [3.05, 3.63) is 71.4 Å². The number of benzene rings is 2. The van der Waals surface area contributed by atoms with E-state index in [0.29, 0.717) is 0 Å². The molecule has 4 rings (SSSR count). The van der Waals surface area contributed by atoms with E-state index in [-0.39, 0.29) is 0 Å². The van der Waals surface area contributed by atoms with Crippen LogP contribution in [-0.4, -0.2) is 17.1 Å². The van der Waals surface area contributed by atoms with E-state index in [2.05, 4.69) is 65.4 Å². The number of methoxy groups -OCH3 is 1. The Morgan fingerprint density at radius 2 is 1.75 bits per heavy atom. The summed E-state index contributed by atoms with van der Waals surface area (Å²) in [7, 11) is 1.69. The van der Waals surface area contributed by atoms with E-state index in [1.165, 1.54) is 41.2 Å². The van der Waals surface area contributed by atoms with Gasteiger partial charge in [-0.05, 0) is 59.9 Å². The second-order valence-electron chi connectivity index (χ2n) is 7.19. The molecule has 4 aromatic rings. The molecule has 142 valence electrons. The lowest BCUT2D eigenvalue weighted by Crippen LogP contribution is -1.88. The van der Waals surface area contributed by atoms with E-state index < -0.39 is 0 Å². The third-order valence-corrected chi connectivity index (χ3v) is 5.24. The van der Waals surface area contributed by atoms with Gasteiger partial charge in [-0.15, -0.1) is 0 Å². The van der Waals surface area contributed by atoms with Gasteiger partial charge in [-0.1, -0.05) is 50.1 Å². The van der Waals surface area contributed by atoms with E-state index in [4.69, 9.17) is 4.74 Å². The van der Waals surface area contributed by atoms with Crippen molar-refractivity contribution in [3.63, 3.8) is 0 Å². The van der Waals surface area contributed by atoms with Crippen molar-refractivity contribution >= 4 is 34.1 Å². The second kappa shape index (κ2) is 8.30. The Morgan fingerprint density at radius 3 is 2.54 bits per heavy atom. The number of aromatic nitrogens is 2. The molecule has 0 bridgehead atoms. The van der Waals surface area contributed by atoms with Gasteiger partial charge in [0, 0.05) is 22.5 Å². The van der Waals surface area contributed by atoms with Crippen LogP contribution in [0.25, 0.3) is 34.1 Å². The van der Waals surface area contributed by atoms with Gasteiger partial charge in [-0.2, -0.15) is 0 Å². The van der Waals surface area contributed by atoms with Crippen LogP contribution in [0.2, 0.25) is 0 Å². The van der Waals surface area contributed by atoms with E-state index in [1.54, 1.807) is 7.11 Å². The number of nitrogens with zero attached hydrogens (tertiary/aromatic N) is 1. The monoisotopic (exact) mass is 370 g/mol. The maximum Gasteiger partial charge on any atom is 0.138 e. The van der Waals surface area contributed by atoms with Gasteiger partial charge in [0.25, 0.3) is 0 Å². The molecule has 2 heterocycles. The van der Waals surface area contributed by atoms with E-state index in [1.807, 2.05) is 18.3 Å². The van der Waals surface area contributed by atoms with Crippen molar-refractivity contribution in [2.45, 2.75) is 32.6 Å². The van der Waals surface area contributed by atoms with Gasteiger partial charge < -0.3 is 9.72 Å². The summed E-state index contributed by atoms with van der Waals surface area (Å²) < 4.78 is 5.22. The van der Waals surface area contributed by atoms with Crippen molar-refractivity contribution in [2.75, 3.05) is 7.11 Å². The Hall–Kier alpha value is -3.07. The molecule has 2 aromatic heterocycles. The van der Waals surface area contributed by atoms with Gasteiger partial charge in [0.2, 0.25) is 0 Å². The average molecular weight is 370 g/mol. The molecule has 2 aromatic carbocycles. The van der Waals surface area contributed by atoms with Gasteiger partial charge >= 0.3 is 0 Å². The quantitative estimate of drug-likeness (QED) is 0.293. The zero-order valence-electron chi connectivity index (χ0n) is 16.5. The minimum Gasteiger partial charge on any atom is -0.497 e. The number of pyridine rings is 1. The van der Waals surface area contributed by atoms with Crippen molar-refractivity contribution in [2.24, 2.45) is 0 Å². The average Bonchev–Trinajstić information content (AvgIpc) is 3.11. The van der Waals surface area contributed by atoms with Crippen LogP contribution in [0.4, 0.5) is 0 Å². The van der Waals surface area contributed by atoms with Crippen LogP contribution in [0, 0.1) is 0 Å². The largest absolute Gasteiger partial charge is 0.497 e. The van der Waals surface area contributed by atoms with Crippen LogP contribution in [0.1, 0.15) is 42.9 Å². The molecular weight excluding hydrogens is 344 g/mol. The highest BCUT2D eigenvalue weighted by Gasteiger charge is 2.10. The first kappa shape index (κ1) is 18.3. The summed E-state index contributed by atoms with van der Waals surface area (Å²) in [6.07, 6.45) is 11.0. The number of nitrogens with one attached hydrogen (secondary N) is 1. The first-order chi connectivity index (χ1) is 13.8. The molecular formula is C25H26N2O. The molecule has 1 N–H and O–H groups in total. The smallest absolute Gasteiger partial charge is 0.138 e. The number of fused-ring (bicyclic) bond motifs is 3. The van der Waals surface area contributed by atoms with Crippen molar-refractivity contribution in [3.8, 4) is 5.75 Å². The fourth-order valence-electron chi connectivity index (χ4n) is 3.69. The normalized spacial score (nSPS) is 11.6. The number of rotatable bonds is 7. The zero-order chi connectivity index (χ0) is 19.3. The summed E-state index contributed by atoms with van der Waals surface area (Å²) in [5, 5.41) is 2.53. The fourth-order valence-corrected chi connectivity index (χ4v) is 3.69. The summed E-state index contributed by atoms with van der Waals surface area (Å²) in [6, 6.07) is 16.8. The number of ether oxygens (including phenoxy) is 1. The Morgan fingerprint density at radius 1 is 0.964 bits per heavy atom. The number of aromatic amines is 1. The highest BCUT2D eigenvalue weighted by molar-refractivity contribution is 6.08. The summed E-state index contributed by atoms with van der Waals surface area (Å²) in [4.78, 5) is 8.03. The Labute approximate surface area is 166 Å². The summed E-state index contributed by atoms with van der Waals surface area (Å²) in [6.45, 7) is 2.25. The molecule has 3 heteroatoms. The molecule has 0 aliphatic rings. The van der Waals surface area contributed by atoms with Crippen molar-refractivity contribution < 1.29 is 4.74 Å². The molecule has 0 saturated heterocycles. The molecule has 0 amide bonds. The highest BCUT2D eigenvalue weighted by atomic mass is 16.5. The predicted molar refractivity (Wildman–Crippen MR) is 119 cm³/mol. The van der Waals surface area contributed by atoms with Crippen LogP contribution >= 0.6 is 0 Å². The van der Waals surface area contributed by atoms with Gasteiger partial charge in [-0.25, -0.2) is 4.98 Å². The number of aryl methyl sites for hydroxylation is 1. The molecule has 28 heavy (non-hydrogen) atoms. The molecule has 0 aliphatic carbocycles. The van der Waals surface area contributed by atoms with Gasteiger partial charge in [0.1, 0.15) is 11.4 Å². The predicted octanol–water partition coefficient (Wildman–Crippen LogP) is 6.63. The molecule has 0 fully saturated rings. The van der Waals surface area contributed by atoms with Gasteiger partial charge in [0.15, 0.2) is 0 Å². The minimum atomic E-state index is 0.875. The molecule has 0 unspecified atom stereocenters. The van der Waals surface area contributed by atoms with Gasteiger partial charge in [-0.3, -0.25) is 0 Å². The van der Waals surface area contributed by atoms with E-state index >= 15 is 0 Å².